The summed E-state index contributed by atoms with van der Waals surface area (Å²) in [6.07, 6.45) is 6.34. The summed E-state index contributed by atoms with van der Waals surface area (Å²) in [6.45, 7) is 0.0650. The number of hydrogen-bond acceptors (Lipinski definition) is 3. The van der Waals surface area contributed by atoms with Crippen molar-refractivity contribution in [2.24, 2.45) is 5.41 Å². The number of carbonyl (C=O) groups excluding carboxylic acids is 1. The molecule has 0 unspecified atom stereocenters. The average Bonchev–Trinajstić information content (AvgIpc) is 2.72. The van der Waals surface area contributed by atoms with Gasteiger partial charge in [0.25, 0.3) is 11.5 Å². The monoisotopic (exact) mass is 292 g/mol. The van der Waals surface area contributed by atoms with E-state index in [0.717, 1.165) is 25.7 Å². The quantitative estimate of drug-likeness (QED) is 0.733. The van der Waals surface area contributed by atoms with Gasteiger partial charge in [-0.15, -0.1) is 0 Å². The highest BCUT2D eigenvalue weighted by atomic mass is 16.4. The normalized spacial score (nSPS) is 17.7. The fourth-order valence-electron chi connectivity index (χ4n) is 2.82. The summed E-state index contributed by atoms with van der Waals surface area (Å²) >= 11 is 0. The van der Waals surface area contributed by atoms with Gasteiger partial charge in [-0.3, -0.25) is 14.4 Å². The zero-order valence-electron chi connectivity index (χ0n) is 11.9. The Hall–Kier alpha value is -2.11. The number of pyridine rings is 1. The molecule has 1 heterocycles. The number of carbonyl (C=O) groups is 2. The van der Waals surface area contributed by atoms with Crippen molar-refractivity contribution in [2.75, 3.05) is 6.54 Å². The number of amides is 1. The number of hydrogen-bond donors (Lipinski definition) is 3. The summed E-state index contributed by atoms with van der Waals surface area (Å²) < 4.78 is 0. The zero-order valence-corrected chi connectivity index (χ0v) is 11.9. The maximum absolute atomic E-state index is 12.0. The van der Waals surface area contributed by atoms with E-state index in [1.165, 1.54) is 12.3 Å². The highest BCUT2D eigenvalue weighted by Gasteiger charge is 2.39. The third kappa shape index (κ3) is 3.51. The first-order valence-electron chi connectivity index (χ1n) is 7.24. The molecule has 0 aromatic carbocycles. The van der Waals surface area contributed by atoms with E-state index in [9.17, 15) is 19.5 Å². The highest BCUT2D eigenvalue weighted by molar-refractivity contribution is 5.94. The Bertz CT molecular complexity index is 571. The maximum Gasteiger partial charge on any atom is 0.311 e. The van der Waals surface area contributed by atoms with Gasteiger partial charge in [-0.1, -0.05) is 25.7 Å². The van der Waals surface area contributed by atoms with Crippen molar-refractivity contribution in [2.45, 2.75) is 38.5 Å². The molecule has 21 heavy (non-hydrogen) atoms. The van der Waals surface area contributed by atoms with Crippen LogP contribution in [0.4, 0.5) is 0 Å². The first-order chi connectivity index (χ1) is 10.1. The number of aromatic amines is 1. The molecule has 1 aromatic heterocycles. The van der Waals surface area contributed by atoms with Gasteiger partial charge >= 0.3 is 5.97 Å². The number of nitrogens with one attached hydrogen (secondary N) is 2. The van der Waals surface area contributed by atoms with Crippen molar-refractivity contribution in [1.29, 1.82) is 0 Å². The summed E-state index contributed by atoms with van der Waals surface area (Å²) in [5.41, 5.74) is -1.37. The third-order valence-corrected chi connectivity index (χ3v) is 4.16. The Morgan fingerprint density at radius 1 is 1.24 bits per heavy atom. The van der Waals surface area contributed by atoms with E-state index in [1.54, 1.807) is 6.07 Å². The lowest BCUT2D eigenvalue weighted by Crippen LogP contribution is -2.43. The Labute approximate surface area is 122 Å². The van der Waals surface area contributed by atoms with Crippen LogP contribution in [0.25, 0.3) is 0 Å². The van der Waals surface area contributed by atoms with E-state index in [-0.39, 0.29) is 12.1 Å². The van der Waals surface area contributed by atoms with Gasteiger partial charge in [-0.05, 0) is 25.0 Å². The first kappa shape index (κ1) is 15.3. The predicted octanol–water partition coefficient (Wildman–Crippen LogP) is 1.53. The molecule has 6 heteroatoms. The summed E-state index contributed by atoms with van der Waals surface area (Å²) in [4.78, 5) is 37.6. The Kier molecular flexibility index (Phi) is 4.77. The van der Waals surface area contributed by atoms with Crippen molar-refractivity contribution in [3.8, 4) is 0 Å². The minimum Gasteiger partial charge on any atom is -0.481 e. The SMILES string of the molecule is O=C(NCC1(C(=O)O)CCCCCC1)c1ccc[nH]c1=O. The van der Waals surface area contributed by atoms with Crippen molar-refractivity contribution in [3.05, 3.63) is 34.2 Å². The topological polar surface area (TPSA) is 99.3 Å². The van der Waals surface area contributed by atoms with Gasteiger partial charge in [-0.25, -0.2) is 0 Å². The summed E-state index contributed by atoms with van der Waals surface area (Å²) in [6, 6.07) is 2.99. The van der Waals surface area contributed by atoms with Crippen LogP contribution >= 0.6 is 0 Å². The second-order valence-corrected chi connectivity index (χ2v) is 5.60. The molecule has 2 rings (SSSR count). The molecule has 1 fully saturated rings. The molecule has 6 nitrogen and oxygen atoms in total. The molecule has 1 aliphatic carbocycles. The van der Waals surface area contributed by atoms with Gasteiger partial charge in [0.15, 0.2) is 0 Å². The van der Waals surface area contributed by atoms with Crippen molar-refractivity contribution >= 4 is 11.9 Å². The summed E-state index contributed by atoms with van der Waals surface area (Å²) in [7, 11) is 0. The van der Waals surface area contributed by atoms with E-state index >= 15 is 0 Å². The van der Waals surface area contributed by atoms with Gasteiger partial charge in [0.05, 0.1) is 5.41 Å². The number of carboxylic acids is 1. The summed E-state index contributed by atoms with van der Waals surface area (Å²) in [5.74, 6) is -1.40. The van der Waals surface area contributed by atoms with Gasteiger partial charge in [-0.2, -0.15) is 0 Å². The van der Waals surface area contributed by atoms with E-state index in [0.29, 0.717) is 12.8 Å². The lowest BCUT2D eigenvalue weighted by atomic mass is 9.80. The van der Waals surface area contributed by atoms with Gasteiger partial charge in [0, 0.05) is 12.7 Å². The van der Waals surface area contributed by atoms with E-state index in [4.69, 9.17) is 0 Å². The minimum atomic E-state index is -0.909. The molecule has 0 bridgehead atoms. The van der Waals surface area contributed by atoms with Crippen LogP contribution in [0, 0.1) is 5.41 Å². The van der Waals surface area contributed by atoms with Crippen LogP contribution in [-0.4, -0.2) is 28.5 Å². The highest BCUT2D eigenvalue weighted by Crippen LogP contribution is 2.34. The molecule has 0 aliphatic heterocycles. The Balaban J connectivity index is 2.08. The van der Waals surface area contributed by atoms with E-state index < -0.39 is 22.9 Å². The third-order valence-electron chi connectivity index (χ3n) is 4.16. The van der Waals surface area contributed by atoms with E-state index in [2.05, 4.69) is 10.3 Å². The first-order valence-corrected chi connectivity index (χ1v) is 7.24. The van der Waals surface area contributed by atoms with Gasteiger partial charge in [0.2, 0.25) is 0 Å². The minimum absolute atomic E-state index is 0.00617. The Morgan fingerprint density at radius 2 is 1.90 bits per heavy atom. The van der Waals surface area contributed by atoms with Crippen molar-refractivity contribution in [3.63, 3.8) is 0 Å². The predicted molar refractivity (Wildman–Crippen MR) is 77.2 cm³/mol. The molecule has 0 spiro atoms. The molecular formula is C15H20N2O4. The molecule has 1 saturated carbocycles. The van der Waals surface area contributed by atoms with Crippen LogP contribution in [0.1, 0.15) is 48.9 Å². The van der Waals surface area contributed by atoms with Crippen LogP contribution in [-0.2, 0) is 4.79 Å². The fraction of sp³-hybridized carbons (Fsp3) is 0.533. The average molecular weight is 292 g/mol. The largest absolute Gasteiger partial charge is 0.481 e. The molecular weight excluding hydrogens is 272 g/mol. The second kappa shape index (κ2) is 6.56. The molecule has 3 N–H and O–H groups in total. The molecule has 114 valence electrons. The van der Waals surface area contributed by atoms with Crippen LogP contribution in [0.3, 0.4) is 0 Å². The smallest absolute Gasteiger partial charge is 0.311 e. The number of carboxylic acid groups (broad SMARTS) is 1. The van der Waals surface area contributed by atoms with Crippen LogP contribution < -0.4 is 10.9 Å². The maximum atomic E-state index is 12.0. The molecule has 0 atom stereocenters. The van der Waals surface area contributed by atoms with Crippen molar-refractivity contribution in [1.82, 2.24) is 10.3 Å². The number of H-pyrrole nitrogens is 1. The molecule has 0 radical (unpaired) electrons. The molecule has 0 saturated heterocycles. The van der Waals surface area contributed by atoms with Gasteiger partial charge in [0.1, 0.15) is 5.56 Å². The van der Waals surface area contributed by atoms with Crippen LogP contribution in [0.15, 0.2) is 23.1 Å². The summed E-state index contributed by atoms with van der Waals surface area (Å²) in [5, 5.41) is 12.2. The van der Waals surface area contributed by atoms with Crippen LogP contribution in [0.5, 0.6) is 0 Å². The Morgan fingerprint density at radius 3 is 2.48 bits per heavy atom. The lowest BCUT2D eigenvalue weighted by molar-refractivity contribution is -0.149. The van der Waals surface area contributed by atoms with E-state index in [1.807, 2.05) is 0 Å². The van der Waals surface area contributed by atoms with Gasteiger partial charge < -0.3 is 15.4 Å². The standard InChI is InChI=1S/C15H20N2O4/c18-12-11(6-5-9-16-12)13(19)17-10-15(14(20)21)7-3-1-2-4-8-15/h5-6,9H,1-4,7-8,10H2,(H,16,18)(H,17,19)(H,20,21). The molecule has 1 aromatic rings. The molecule has 1 aliphatic rings. The second-order valence-electron chi connectivity index (χ2n) is 5.60. The number of aliphatic carboxylic acids is 1. The van der Waals surface area contributed by atoms with Crippen LogP contribution in [0.2, 0.25) is 0 Å². The fourth-order valence-corrected chi connectivity index (χ4v) is 2.82. The van der Waals surface area contributed by atoms with Crippen molar-refractivity contribution < 1.29 is 14.7 Å². The number of aromatic nitrogens is 1. The number of rotatable bonds is 4. The lowest BCUT2D eigenvalue weighted by Gasteiger charge is -2.28. The zero-order chi connectivity index (χ0) is 15.3. The molecule has 1 amide bonds.